The number of amides is 2. The second-order valence-electron chi connectivity index (χ2n) is 12.3. The van der Waals surface area contributed by atoms with Crippen LogP contribution in [0.15, 0.2) is 65.7 Å². The fourth-order valence-corrected chi connectivity index (χ4v) is 5.28. The average molecular weight is 588 g/mol. The molecule has 0 radical (unpaired) electrons. The van der Waals surface area contributed by atoms with Crippen molar-refractivity contribution in [2.45, 2.75) is 96.6 Å². The van der Waals surface area contributed by atoms with E-state index in [-0.39, 0.29) is 11.5 Å². The molecule has 230 valence electrons. The fourth-order valence-electron chi connectivity index (χ4n) is 5.28. The summed E-state index contributed by atoms with van der Waals surface area (Å²) in [7, 11) is 0. The summed E-state index contributed by atoms with van der Waals surface area (Å²) in [5.41, 5.74) is 2.78. The van der Waals surface area contributed by atoms with Crippen LogP contribution in [-0.4, -0.2) is 33.9 Å². The highest BCUT2D eigenvalue weighted by molar-refractivity contribution is 5.86. The van der Waals surface area contributed by atoms with E-state index in [0.29, 0.717) is 23.9 Å². The van der Waals surface area contributed by atoms with Crippen LogP contribution < -0.4 is 21.5 Å². The summed E-state index contributed by atoms with van der Waals surface area (Å²) in [6.07, 6.45) is 11.5. The lowest BCUT2D eigenvalue weighted by molar-refractivity contribution is -0.125. The number of piperidine rings is 1. The number of carbonyl (C=O) groups is 2. The first kappa shape index (κ1) is 31.8. The second kappa shape index (κ2) is 14.8. The van der Waals surface area contributed by atoms with Crippen LogP contribution in [0.4, 0.5) is 16.2 Å². The molecule has 4 rings (SSSR count). The predicted molar refractivity (Wildman–Crippen MR) is 172 cm³/mol. The molecule has 3 N–H and O–H groups in total. The monoisotopic (exact) mass is 587 g/mol. The zero-order valence-electron chi connectivity index (χ0n) is 25.7. The van der Waals surface area contributed by atoms with Gasteiger partial charge in [0.25, 0.3) is 5.56 Å². The first-order valence-corrected chi connectivity index (χ1v) is 15.4. The van der Waals surface area contributed by atoms with Crippen LogP contribution in [0.5, 0.6) is 0 Å². The molecule has 0 aliphatic carbocycles. The van der Waals surface area contributed by atoms with E-state index in [1.807, 2.05) is 57.2 Å². The van der Waals surface area contributed by atoms with Gasteiger partial charge in [-0.15, -0.1) is 0 Å². The molecule has 2 heterocycles. The van der Waals surface area contributed by atoms with Crippen molar-refractivity contribution in [2.24, 2.45) is 0 Å². The Bertz CT molecular complexity index is 1490. The average Bonchev–Trinajstić information content (AvgIpc) is 2.94. The van der Waals surface area contributed by atoms with Crippen LogP contribution in [-0.2, 0) is 16.0 Å². The number of allylic oxidation sites excluding steroid dienone is 1. The third-order valence-electron chi connectivity index (χ3n) is 7.47. The van der Waals surface area contributed by atoms with E-state index in [1.54, 1.807) is 6.20 Å². The molecule has 2 amide bonds. The van der Waals surface area contributed by atoms with Gasteiger partial charge in [0.05, 0.1) is 11.6 Å². The van der Waals surface area contributed by atoms with E-state index in [2.05, 4.69) is 33.7 Å². The van der Waals surface area contributed by atoms with Crippen molar-refractivity contribution in [3.8, 4) is 0 Å². The van der Waals surface area contributed by atoms with Gasteiger partial charge in [-0.05, 0) is 82.7 Å². The van der Waals surface area contributed by atoms with Gasteiger partial charge in [-0.1, -0.05) is 56.9 Å². The van der Waals surface area contributed by atoms with Crippen molar-refractivity contribution >= 4 is 34.1 Å². The summed E-state index contributed by atoms with van der Waals surface area (Å²) in [6.45, 7) is 10.2. The lowest BCUT2D eigenvalue weighted by Crippen LogP contribution is -2.41. The van der Waals surface area contributed by atoms with Gasteiger partial charge in [0.1, 0.15) is 11.6 Å². The molecule has 1 fully saturated rings. The molecule has 0 bridgehead atoms. The number of carbonyl (C=O) groups excluding carboxylic acids is 2. The van der Waals surface area contributed by atoms with Gasteiger partial charge < -0.3 is 15.4 Å². The Morgan fingerprint density at radius 1 is 1.02 bits per heavy atom. The first-order chi connectivity index (χ1) is 20.6. The Morgan fingerprint density at radius 3 is 2.51 bits per heavy atom. The largest absolute Gasteiger partial charge is 0.444 e. The van der Waals surface area contributed by atoms with Gasteiger partial charge in [0.2, 0.25) is 5.91 Å². The van der Waals surface area contributed by atoms with E-state index in [9.17, 15) is 14.4 Å². The molecule has 3 aromatic rings. The summed E-state index contributed by atoms with van der Waals surface area (Å²) in [4.78, 5) is 37.6. The molecule has 1 saturated heterocycles. The topological polar surface area (TPSA) is 114 Å². The Morgan fingerprint density at radius 2 is 1.77 bits per heavy atom. The predicted octanol–water partition coefficient (Wildman–Crippen LogP) is 7.09. The van der Waals surface area contributed by atoms with E-state index < -0.39 is 17.7 Å². The molecule has 0 saturated carbocycles. The summed E-state index contributed by atoms with van der Waals surface area (Å²) >= 11 is 0. The van der Waals surface area contributed by atoms with Gasteiger partial charge in [-0.2, -0.15) is 5.10 Å². The molecule has 1 aliphatic heterocycles. The standard InChI is InChI=1S/C34H45N5O4/c1-24-16-19-30(31(40)37-24)39-32(41)29-22-27(18-17-26(29)23-36-39)35-20-11-9-7-5-6-8-10-13-25-14-12-15-28(21-25)38-33(42)43-34(2,3)4/h12,14-15,17-18,21-23,30,35H,1,5-11,13,16,19-20H2,2-4H3,(H,37,40)(H,38,42). The maximum Gasteiger partial charge on any atom is 0.412 e. The third kappa shape index (κ3) is 9.70. The van der Waals surface area contributed by atoms with E-state index >= 15 is 0 Å². The number of nitrogens with one attached hydrogen (secondary N) is 3. The molecular formula is C34H45N5O4. The maximum atomic E-state index is 13.2. The fraction of sp³-hybridized carbons (Fsp3) is 0.471. The Hall–Kier alpha value is -4.14. The van der Waals surface area contributed by atoms with Crippen molar-refractivity contribution in [3.63, 3.8) is 0 Å². The molecular weight excluding hydrogens is 542 g/mol. The molecule has 1 aliphatic rings. The minimum Gasteiger partial charge on any atom is -0.444 e. The normalized spacial score (nSPS) is 15.3. The minimum absolute atomic E-state index is 0.237. The molecule has 2 aromatic carbocycles. The summed E-state index contributed by atoms with van der Waals surface area (Å²) in [6, 6.07) is 13.1. The Balaban J connectivity index is 1.12. The van der Waals surface area contributed by atoms with E-state index in [4.69, 9.17) is 4.74 Å². The molecule has 1 aromatic heterocycles. The van der Waals surface area contributed by atoms with Gasteiger partial charge in [0.15, 0.2) is 0 Å². The molecule has 9 nitrogen and oxygen atoms in total. The lowest BCUT2D eigenvalue weighted by atomic mass is 10.0. The van der Waals surface area contributed by atoms with Crippen LogP contribution in [0, 0.1) is 0 Å². The SMILES string of the molecule is C=C1CCC(n2ncc3ccc(NCCCCCCCCCc4cccc(NC(=O)OC(C)(C)C)c4)cc3c2=O)C(=O)N1. The number of anilines is 2. The quantitative estimate of drug-likeness (QED) is 0.184. The smallest absolute Gasteiger partial charge is 0.412 e. The van der Waals surface area contributed by atoms with Crippen molar-refractivity contribution in [1.82, 2.24) is 15.1 Å². The Labute approximate surface area is 254 Å². The summed E-state index contributed by atoms with van der Waals surface area (Å²) < 4.78 is 6.63. The van der Waals surface area contributed by atoms with Crippen molar-refractivity contribution in [2.75, 3.05) is 17.2 Å². The van der Waals surface area contributed by atoms with Crippen LogP contribution in [0.25, 0.3) is 10.8 Å². The number of ether oxygens (including phenoxy) is 1. The third-order valence-corrected chi connectivity index (χ3v) is 7.47. The number of unbranched alkanes of at least 4 members (excludes halogenated alkanes) is 6. The van der Waals surface area contributed by atoms with E-state index in [1.165, 1.54) is 35.9 Å². The maximum absolute atomic E-state index is 13.2. The molecule has 0 spiro atoms. The first-order valence-electron chi connectivity index (χ1n) is 15.4. The number of rotatable bonds is 13. The number of aryl methyl sites for hydroxylation is 1. The highest BCUT2D eigenvalue weighted by Crippen LogP contribution is 2.22. The molecule has 9 heteroatoms. The number of fused-ring (bicyclic) bond motifs is 1. The van der Waals surface area contributed by atoms with Crippen LogP contribution in [0.3, 0.4) is 0 Å². The zero-order valence-corrected chi connectivity index (χ0v) is 25.7. The summed E-state index contributed by atoms with van der Waals surface area (Å²) in [5.74, 6) is -0.237. The zero-order chi connectivity index (χ0) is 30.8. The summed E-state index contributed by atoms with van der Waals surface area (Å²) in [5, 5.41) is 14.6. The van der Waals surface area contributed by atoms with Gasteiger partial charge in [0, 0.05) is 29.0 Å². The highest BCUT2D eigenvalue weighted by atomic mass is 16.6. The number of hydrogen-bond donors (Lipinski definition) is 3. The van der Waals surface area contributed by atoms with Gasteiger partial charge in [-0.25, -0.2) is 9.48 Å². The minimum atomic E-state index is -0.613. The number of aromatic nitrogens is 2. The number of benzene rings is 2. The Kier molecular flexibility index (Phi) is 11.0. The number of nitrogens with zero attached hydrogens (tertiary/aromatic N) is 2. The van der Waals surface area contributed by atoms with Gasteiger partial charge in [-0.3, -0.25) is 14.9 Å². The lowest BCUT2D eigenvalue weighted by Gasteiger charge is -2.24. The number of hydrogen-bond acceptors (Lipinski definition) is 6. The second-order valence-corrected chi connectivity index (χ2v) is 12.3. The van der Waals surface area contributed by atoms with Crippen molar-refractivity contribution in [3.05, 3.63) is 76.9 Å². The molecule has 1 atom stereocenters. The van der Waals surface area contributed by atoms with Gasteiger partial charge >= 0.3 is 6.09 Å². The van der Waals surface area contributed by atoms with Crippen molar-refractivity contribution in [1.29, 1.82) is 0 Å². The van der Waals surface area contributed by atoms with Crippen LogP contribution in [0.1, 0.15) is 90.2 Å². The molecule has 1 unspecified atom stereocenters. The highest BCUT2D eigenvalue weighted by Gasteiger charge is 2.27. The van der Waals surface area contributed by atoms with Crippen molar-refractivity contribution < 1.29 is 14.3 Å². The van der Waals surface area contributed by atoms with Crippen LogP contribution >= 0.6 is 0 Å². The van der Waals surface area contributed by atoms with E-state index in [0.717, 1.165) is 49.0 Å². The van der Waals surface area contributed by atoms with Crippen LogP contribution in [0.2, 0.25) is 0 Å². The molecule has 43 heavy (non-hydrogen) atoms.